The van der Waals surface area contributed by atoms with E-state index in [0.29, 0.717) is 18.6 Å². The molecule has 0 aliphatic heterocycles. The van der Waals surface area contributed by atoms with Crippen molar-refractivity contribution in [3.63, 3.8) is 0 Å². The van der Waals surface area contributed by atoms with E-state index in [9.17, 15) is 13.6 Å². The summed E-state index contributed by atoms with van der Waals surface area (Å²) in [6.07, 6.45) is 0.542. The highest BCUT2D eigenvalue weighted by molar-refractivity contribution is 5.84. The van der Waals surface area contributed by atoms with Gasteiger partial charge in [-0.2, -0.15) is 8.78 Å². The number of hydrogen-bond donors (Lipinski definition) is 0. The van der Waals surface area contributed by atoms with Crippen molar-refractivity contribution in [2.45, 2.75) is 39.4 Å². The average Bonchev–Trinajstić information content (AvgIpc) is 2.36. The maximum absolute atomic E-state index is 12.0. The SMILES string of the molecule is CCCC(=O)C(OCC)c1ccc(OC(F)F)cc1. The summed E-state index contributed by atoms with van der Waals surface area (Å²) in [5.74, 6) is 0.0591. The highest BCUT2D eigenvalue weighted by Crippen LogP contribution is 2.24. The molecule has 0 amide bonds. The summed E-state index contributed by atoms with van der Waals surface area (Å²) in [4.78, 5) is 11.9. The van der Waals surface area contributed by atoms with Crippen LogP contribution in [0.4, 0.5) is 8.78 Å². The number of ketones is 1. The Labute approximate surface area is 111 Å². The first kappa shape index (κ1) is 15.6. The highest BCUT2D eigenvalue weighted by atomic mass is 19.3. The van der Waals surface area contributed by atoms with Crippen molar-refractivity contribution in [2.24, 2.45) is 0 Å². The van der Waals surface area contributed by atoms with Gasteiger partial charge in [0.05, 0.1) is 0 Å². The minimum absolute atomic E-state index is 0.00752. The molecule has 0 aliphatic rings. The van der Waals surface area contributed by atoms with Gasteiger partial charge in [0.15, 0.2) is 5.78 Å². The van der Waals surface area contributed by atoms with Crippen LogP contribution in [0.25, 0.3) is 0 Å². The molecule has 1 unspecified atom stereocenters. The Morgan fingerprint density at radius 1 is 1.21 bits per heavy atom. The Balaban J connectivity index is 2.81. The van der Waals surface area contributed by atoms with Crippen molar-refractivity contribution in [1.29, 1.82) is 0 Å². The molecular weight excluding hydrogens is 254 g/mol. The van der Waals surface area contributed by atoms with Gasteiger partial charge >= 0.3 is 6.61 Å². The van der Waals surface area contributed by atoms with Crippen LogP contribution in [0.5, 0.6) is 5.75 Å². The Bertz CT molecular complexity index is 390. The average molecular weight is 272 g/mol. The summed E-state index contributed by atoms with van der Waals surface area (Å²) >= 11 is 0. The van der Waals surface area contributed by atoms with Gasteiger partial charge < -0.3 is 9.47 Å². The third kappa shape index (κ3) is 4.95. The van der Waals surface area contributed by atoms with Gasteiger partial charge in [-0.15, -0.1) is 0 Å². The molecule has 0 bridgehead atoms. The monoisotopic (exact) mass is 272 g/mol. The number of ether oxygens (including phenoxy) is 2. The molecule has 0 N–H and O–H groups in total. The van der Waals surface area contributed by atoms with Crippen molar-refractivity contribution in [1.82, 2.24) is 0 Å². The van der Waals surface area contributed by atoms with E-state index < -0.39 is 12.7 Å². The van der Waals surface area contributed by atoms with Crippen LogP contribution in [-0.4, -0.2) is 19.0 Å². The molecule has 1 aromatic rings. The first-order valence-corrected chi connectivity index (χ1v) is 6.27. The van der Waals surface area contributed by atoms with Gasteiger partial charge in [-0.05, 0) is 31.0 Å². The summed E-state index contributed by atoms with van der Waals surface area (Å²) in [5, 5.41) is 0. The molecule has 106 valence electrons. The lowest BCUT2D eigenvalue weighted by atomic mass is 10.0. The predicted molar refractivity (Wildman–Crippen MR) is 67.4 cm³/mol. The van der Waals surface area contributed by atoms with E-state index >= 15 is 0 Å². The van der Waals surface area contributed by atoms with Gasteiger partial charge in [0.1, 0.15) is 11.9 Å². The quantitative estimate of drug-likeness (QED) is 0.723. The van der Waals surface area contributed by atoms with E-state index in [4.69, 9.17) is 4.74 Å². The third-order valence-electron chi connectivity index (χ3n) is 2.53. The minimum Gasteiger partial charge on any atom is -0.435 e. The molecule has 0 fully saturated rings. The molecule has 0 saturated carbocycles. The number of hydrogen-bond acceptors (Lipinski definition) is 3. The molecule has 5 heteroatoms. The second kappa shape index (κ2) is 7.84. The van der Waals surface area contributed by atoms with Crippen molar-refractivity contribution in [3.05, 3.63) is 29.8 Å². The second-order valence-corrected chi connectivity index (χ2v) is 4.00. The fraction of sp³-hybridized carbons (Fsp3) is 0.500. The van der Waals surface area contributed by atoms with Gasteiger partial charge in [0.2, 0.25) is 0 Å². The molecule has 1 aromatic carbocycles. The number of halogens is 2. The van der Waals surface area contributed by atoms with Gasteiger partial charge in [0.25, 0.3) is 0 Å². The van der Waals surface area contributed by atoms with Crippen molar-refractivity contribution < 1.29 is 23.0 Å². The fourth-order valence-corrected chi connectivity index (χ4v) is 1.74. The van der Waals surface area contributed by atoms with Gasteiger partial charge in [-0.1, -0.05) is 19.1 Å². The van der Waals surface area contributed by atoms with E-state index in [2.05, 4.69) is 4.74 Å². The lowest BCUT2D eigenvalue weighted by Crippen LogP contribution is -2.16. The summed E-state index contributed by atoms with van der Waals surface area (Å²) < 4.78 is 33.7. The predicted octanol–water partition coefficient (Wildman–Crippen LogP) is 3.73. The van der Waals surface area contributed by atoms with E-state index in [1.165, 1.54) is 12.1 Å². The fourth-order valence-electron chi connectivity index (χ4n) is 1.74. The van der Waals surface area contributed by atoms with E-state index in [1.54, 1.807) is 19.1 Å². The number of carbonyl (C=O) groups is 1. The summed E-state index contributed by atoms with van der Waals surface area (Å²) in [6.45, 7) is 1.28. The van der Waals surface area contributed by atoms with Crippen LogP contribution >= 0.6 is 0 Å². The zero-order valence-corrected chi connectivity index (χ0v) is 11.1. The largest absolute Gasteiger partial charge is 0.435 e. The smallest absolute Gasteiger partial charge is 0.387 e. The van der Waals surface area contributed by atoms with Crippen molar-refractivity contribution in [2.75, 3.05) is 6.61 Å². The van der Waals surface area contributed by atoms with Crippen LogP contribution in [0.2, 0.25) is 0 Å². The summed E-state index contributed by atoms with van der Waals surface area (Å²) in [7, 11) is 0. The molecule has 0 spiro atoms. The molecule has 0 saturated heterocycles. The first-order chi connectivity index (χ1) is 9.08. The van der Waals surface area contributed by atoms with Crippen LogP contribution in [0.1, 0.15) is 38.4 Å². The van der Waals surface area contributed by atoms with Crippen LogP contribution in [0.3, 0.4) is 0 Å². The molecule has 0 radical (unpaired) electrons. The van der Waals surface area contributed by atoms with Crippen LogP contribution < -0.4 is 4.74 Å². The maximum Gasteiger partial charge on any atom is 0.387 e. The first-order valence-electron chi connectivity index (χ1n) is 6.27. The number of alkyl halides is 2. The van der Waals surface area contributed by atoms with E-state index in [0.717, 1.165) is 6.42 Å². The van der Waals surface area contributed by atoms with Crippen LogP contribution in [-0.2, 0) is 9.53 Å². The molecule has 0 aromatic heterocycles. The number of Topliss-reactive ketones (excluding diaryl/α,β-unsaturated/α-hetero) is 1. The van der Waals surface area contributed by atoms with Crippen LogP contribution in [0, 0.1) is 0 Å². The lowest BCUT2D eigenvalue weighted by molar-refractivity contribution is -0.130. The molecule has 19 heavy (non-hydrogen) atoms. The number of rotatable bonds is 8. The Kier molecular flexibility index (Phi) is 6.42. The standard InChI is InChI=1S/C14H18F2O3/c1-3-5-12(17)13(18-4-2)10-6-8-11(9-7-10)19-14(15)16/h6-9,13-14H,3-5H2,1-2H3. The molecule has 0 heterocycles. The van der Waals surface area contributed by atoms with Gasteiger partial charge in [0, 0.05) is 13.0 Å². The Morgan fingerprint density at radius 3 is 2.32 bits per heavy atom. The molecular formula is C14H18F2O3. The number of benzene rings is 1. The summed E-state index contributed by atoms with van der Waals surface area (Å²) in [5.41, 5.74) is 0.655. The molecule has 0 aliphatic carbocycles. The third-order valence-corrected chi connectivity index (χ3v) is 2.53. The zero-order chi connectivity index (χ0) is 14.3. The van der Waals surface area contributed by atoms with Crippen molar-refractivity contribution in [3.8, 4) is 5.75 Å². The molecule has 3 nitrogen and oxygen atoms in total. The summed E-state index contributed by atoms with van der Waals surface area (Å²) in [6, 6.07) is 5.97. The maximum atomic E-state index is 12.0. The van der Waals surface area contributed by atoms with Gasteiger partial charge in [-0.25, -0.2) is 0 Å². The van der Waals surface area contributed by atoms with Gasteiger partial charge in [-0.3, -0.25) is 4.79 Å². The highest BCUT2D eigenvalue weighted by Gasteiger charge is 2.20. The number of carbonyl (C=O) groups excluding carboxylic acids is 1. The topological polar surface area (TPSA) is 35.5 Å². The van der Waals surface area contributed by atoms with E-state index in [-0.39, 0.29) is 11.5 Å². The van der Waals surface area contributed by atoms with Crippen LogP contribution in [0.15, 0.2) is 24.3 Å². The molecule has 1 atom stereocenters. The normalized spacial score (nSPS) is 12.5. The lowest BCUT2D eigenvalue weighted by Gasteiger charge is -2.16. The molecule has 1 rings (SSSR count). The van der Waals surface area contributed by atoms with Crippen molar-refractivity contribution >= 4 is 5.78 Å². The van der Waals surface area contributed by atoms with E-state index in [1.807, 2.05) is 6.92 Å². The second-order valence-electron chi connectivity index (χ2n) is 4.00. The zero-order valence-electron chi connectivity index (χ0n) is 11.1. The Hall–Kier alpha value is -1.49. The minimum atomic E-state index is -2.85. The Morgan fingerprint density at radius 2 is 1.84 bits per heavy atom.